The first kappa shape index (κ1) is 25.0. The van der Waals surface area contributed by atoms with E-state index in [0.29, 0.717) is 41.0 Å². The lowest BCUT2D eigenvalue weighted by atomic mass is 9.82. The molecule has 3 amide bonds. The van der Waals surface area contributed by atoms with E-state index in [-0.39, 0.29) is 35.9 Å². The molecule has 3 aromatic rings. The number of aromatic nitrogens is 2. The second-order valence-corrected chi connectivity index (χ2v) is 11.3. The summed E-state index contributed by atoms with van der Waals surface area (Å²) < 4.78 is 0.792. The summed E-state index contributed by atoms with van der Waals surface area (Å²) in [6.45, 7) is 10.0. The standard InChI is InChI=1S/C27H28N6O3S/c1-15-11-17(13-28)31-22(21(15)25(35)32-9-7-29-8-10-32)19-5-6-30-20-12-18(37-23(19)20)14-33-24(34)16(2)27(3,4)26(33)36/h5-6,11-12,16,29H,7-10,14H2,1-4H3. The Labute approximate surface area is 219 Å². The summed E-state index contributed by atoms with van der Waals surface area (Å²) in [5.41, 5.74) is 2.49. The minimum absolute atomic E-state index is 0.114. The number of thiophene rings is 1. The molecule has 37 heavy (non-hydrogen) atoms. The van der Waals surface area contributed by atoms with Crippen molar-refractivity contribution >= 4 is 39.3 Å². The third-order valence-electron chi connectivity index (χ3n) is 7.50. The number of pyridine rings is 2. The molecule has 190 valence electrons. The van der Waals surface area contributed by atoms with Gasteiger partial charge in [0.15, 0.2) is 0 Å². The smallest absolute Gasteiger partial charge is 0.256 e. The van der Waals surface area contributed by atoms with Gasteiger partial charge in [-0.05, 0) is 30.7 Å². The third-order valence-corrected chi connectivity index (χ3v) is 8.64. The van der Waals surface area contributed by atoms with Gasteiger partial charge in [0.1, 0.15) is 11.8 Å². The molecule has 2 fully saturated rings. The van der Waals surface area contributed by atoms with Crippen LogP contribution >= 0.6 is 11.3 Å². The van der Waals surface area contributed by atoms with Gasteiger partial charge in [0, 0.05) is 48.7 Å². The number of nitriles is 1. The Morgan fingerprint density at radius 3 is 2.65 bits per heavy atom. The average Bonchev–Trinajstić information content (AvgIpc) is 3.38. The average molecular weight is 517 g/mol. The Morgan fingerprint density at radius 1 is 1.27 bits per heavy atom. The largest absolute Gasteiger partial charge is 0.336 e. The van der Waals surface area contributed by atoms with Crippen molar-refractivity contribution in [3.05, 3.63) is 46.1 Å². The van der Waals surface area contributed by atoms with Crippen LogP contribution in [-0.4, -0.2) is 63.7 Å². The van der Waals surface area contributed by atoms with Crippen LogP contribution in [0.1, 0.15) is 47.3 Å². The molecular weight excluding hydrogens is 488 g/mol. The quantitative estimate of drug-likeness (QED) is 0.529. The van der Waals surface area contributed by atoms with Gasteiger partial charge in [-0.3, -0.25) is 24.3 Å². The third kappa shape index (κ3) is 4.18. The second kappa shape index (κ2) is 9.32. The lowest BCUT2D eigenvalue weighted by molar-refractivity contribution is -0.141. The highest BCUT2D eigenvalue weighted by Crippen LogP contribution is 2.40. The van der Waals surface area contributed by atoms with Crippen LogP contribution in [0, 0.1) is 29.6 Å². The Hall–Kier alpha value is -3.68. The van der Waals surface area contributed by atoms with Crippen molar-refractivity contribution in [1.82, 2.24) is 25.1 Å². The van der Waals surface area contributed by atoms with E-state index in [4.69, 9.17) is 0 Å². The van der Waals surface area contributed by atoms with Gasteiger partial charge < -0.3 is 10.2 Å². The lowest BCUT2D eigenvalue weighted by Crippen LogP contribution is -2.46. The molecule has 2 aliphatic heterocycles. The molecule has 0 saturated carbocycles. The number of aryl methyl sites for hydroxylation is 1. The number of likely N-dealkylation sites (tertiary alicyclic amines) is 1. The number of carbonyl (C=O) groups is 3. The molecule has 2 saturated heterocycles. The molecule has 0 radical (unpaired) electrons. The predicted octanol–water partition coefficient (Wildman–Crippen LogP) is 3.11. The van der Waals surface area contributed by atoms with Gasteiger partial charge in [0.05, 0.1) is 33.4 Å². The zero-order chi connectivity index (χ0) is 26.5. The van der Waals surface area contributed by atoms with Crippen molar-refractivity contribution < 1.29 is 14.4 Å². The molecule has 10 heteroatoms. The first-order valence-electron chi connectivity index (χ1n) is 12.3. The summed E-state index contributed by atoms with van der Waals surface area (Å²) in [5, 5.41) is 12.9. The van der Waals surface area contributed by atoms with Gasteiger partial charge >= 0.3 is 0 Å². The van der Waals surface area contributed by atoms with E-state index >= 15 is 0 Å². The van der Waals surface area contributed by atoms with Crippen molar-refractivity contribution in [3.63, 3.8) is 0 Å². The van der Waals surface area contributed by atoms with Crippen LogP contribution in [0.4, 0.5) is 0 Å². The van der Waals surface area contributed by atoms with Crippen LogP contribution in [0.15, 0.2) is 24.4 Å². The first-order chi connectivity index (χ1) is 17.6. The number of carbonyl (C=O) groups excluding carboxylic acids is 3. The van der Waals surface area contributed by atoms with Gasteiger partial charge in [-0.1, -0.05) is 20.8 Å². The summed E-state index contributed by atoms with van der Waals surface area (Å²) in [7, 11) is 0. The van der Waals surface area contributed by atoms with Gasteiger partial charge in [0.2, 0.25) is 11.8 Å². The van der Waals surface area contributed by atoms with Gasteiger partial charge in [-0.15, -0.1) is 11.3 Å². The van der Waals surface area contributed by atoms with E-state index in [1.54, 1.807) is 39.1 Å². The van der Waals surface area contributed by atoms with E-state index < -0.39 is 5.41 Å². The summed E-state index contributed by atoms with van der Waals surface area (Å²) in [6, 6.07) is 7.43. The number of rotatable bonds is 4. The van der Waals surface area contributed by atoms with Crippen LogP contribution in [-0.2, 0) is 16.1 Å². The number of fused-ring (bicyclic) bond motifs is 1. The zero-order valence-corrected chi connectivity index (χ0v) is 22.1. The van der Waals surface area contributed by atoms with Crippen molar-refractivity contribution in [2.24, 2.45) is 11.3 Å². The van der Waals surface area contributed by atoms with Crippen molar-refractivity contribution in [3.8, 4) is 17.3 Å². The maximum Gasteiger partial charge on any atom is 0.256 e. The van der Waals surface area contributed by atoms with E-state index in [1.165, 1.54) is 16.2 Å². The minimum Gasteiger partial charge on any atom is -0.336 e. The highest BCUT2D eigenvalue weighted by molar-refractivity contribution is 7.19. The van der Waals surface area contributed by atoms with E-state index in [2.05, 4.69) is 21.4 Å². The SMILES string of the molecule is Cc1cc(C#N)nc(-c2ccnc3cc(CN4C(=O)C(C)C(C)(C)C4=O)sc23)c1C(=O)N1CCNCC1. The van der Waals surface area contributed by atoms with E-state index in [0.717, 1.165) is 22.7 Å². The highest BCUT2D eigenvalue weighted by atomic mass is 32.1. The van der Waals surface area contributed by atoms with Crippen molar-refractivity contribution in [1.29, 1.82) is 5.26 Å². The molecule has 0 aromatic carbocycles. The predicted molar refractivity (Wildman–Crippen MR) is 140 cm³/mol. The molecule has 3 aromatic heterocycles. The first-order valence-corrected chi connectivity index (χ1v) is 13.1. The molecule has 1 unspecified atom stereocenters. The molecule has 1 atom stereocenters. The summed E-state index contributed by atoms with van der Waals surface area (Å²) in [4.78, 5) is 52.4. The van der Waals surface area contributed by atoms with Crippen molar-refractivity contribution in [2.75, 3.05) is 26.2 Å². The number of hydrogen-bond acceptors (Lipinski definition) is 8. The zero-order valence-electron chi connectivity index (χ0n) is 21.3. The Bertz CT molecular complexity index is 1480. The number of imide groups is 1. The molecule has 5 rings (SSSR count). The fourth-order valence-corrected chi connectivity index (χ4v) is 6.07. The van der Waals surface area contributed by atoms with Crippen molar-refractivity contribution in [2.45, 2.75) is 34.2 Å². The monoisotopic (exact) mass is 516 g/mol. The van der Waals surface area contributed by atoms with Crippen LogP contribution in [0.25, 0.3) is 21.5 Å². The number of nitrogens with zero attached hydrogens (tertiary/aromatic N) is 5. The summed E-state index contributed by atoms with van der Waals surface area (Å²) in [5.74, 6) is -0.859. The molecule has 9 nitrogen and oxygen atoms in total. The molecule has 5 heterocycles. The van der Waals surface area contributed by atoms with Crippen LogP contribution in [0.5, 0.6) is 0 Å². The highest BCUT2D eigenvalue weighted by Gasteiger charge is 2.51. The summed E-state index contributed by atoms with van der Waals surface area (Å²) >= 11 is 1.42. The number of nitrogens with one attached hydrogen (secondary N) is 1. The van der Waals surface area contributed by atoms with Gasteiger partial charge in [0.25, 0.3) is 5.91 Å². The Balaban J connectivity index is 1.59. The van der Waals surface area contributed by atoms with Gasteiger partial charge in [-0.2, -0.15) is 5.26 Å². The molecule has 2 aliphatic rings. The molecule has 0 bridgehead atoms. The molecule has 0 aliphatic carbocycles. The maximum absolute atomic E-state index is 13.6. The fourth-order valence-electron chi connectivity index (χ4n) is 4.95. The number of piperazine rings is 1. The second-order valence-electron chi connectivity index (χ2n) is 10.2. The molecule has 0 spiro atoms. The molecular formula is C27H28N6O3S. The van der Waals surface area contributed by atoms with Crippen LogP contribution < -0.4 is 5.32 Å². The van der Waals surface area contributed by atoms with Crippen LogP contribution in [0.3, 0.4) is 0 Å². The Morgan fingerprint density at radius 2 is 2.00 bits per heavy atom. The minimum atomic E-state index is -0.740. The number of amides is 3. The maximum atomic E-state index is 13.6. The van der Waals surface area contributed by atoms with E-state index in [1.807, 2.05) is 17.9 Å². The Kier molecular flexibility index (Phi) is 6.30. The summed E-state index contributed by atoms with van der Waals surface area (Å²) in [6.07, 6.45) is 1.65. The fraction of sp³-hybridized carbons (Fsp3) is 0.407. The van der Waals surface area contributed by atoms with Gasteiger partial charge in [-0.25, -0.2) is 4.98 Å². The van der Waals surface area contributed by atoms with E-state index in [9.17, 15) is 19.6 Å². The molecule has 1 N–H and O–H groups in total. The topological polar surface area (TPSA) is 119 Å². The van der Waals surface area contributed by atoms with Crippen LogP contribution in [0.2, 0.25) is 0 Å². The lowest BCUT2D eigenvalue weighted by Gasteiger charge is -2.28. The normalized spacial score (nSPS) is 19.5. The number of hydrogen-bond donors (Lipinski definition) is 1.